The third-order valence-electron chi connectivity index (χ3n) is 16.0. The molecule has 1 amide bonds. The predicted octanol–water partition coefficient (Wildman–Crippen LogP) is 21.8. The molecule has 0 aliphatic rings. The Kier molecular flexibility index (Phi) is 63.4. The maximum atomic E-state index is 12.4. The number of hydrogen-bond donors (Lipinski definition) is 3. The number of rotatable bonds is 64. The van der Waals surface area contributed by atoms with Gasteiger partial charge in [-0.2, -0.15) is 0 Å². The summed E-state index contributed by atoms with van der Waals surface area (Å²) < 4.78 is 5.49. The van der Waals surface area contributed by atoms with Crippen molar-refractivity contribution in [1.82, 2.24) is 5.32 Å². The number of amides is 1. The molecule has 2 atom stereocenters. The van der Waals surface area contributed by atoms with E-state index in [1.54, 1.807) is 6.08 Å². The average Bonchev–Trinajstić information content (AvgIpc) is 3.41. The highest BCUT2D eigenvalue weighted by Crippen LogP contribution is 2.18. The lowest BCUT2D eigenvalue weighted by molar-refractivity contribution is -0.143. The Morgan fingerprint density at radius 3 is 0.947 bits per heavy atom. The van der Waals surface area contributed by atoms with Crippen molar-refractivity contribution < 1.29 is 24.5 Å². The fourth-order valence-corrected chi connectivity index (χ4v) is 10.7. The van der Waals surface area contributed by atoms with E-state index in [0.29, 0.717) is 19.4 Å². The van der Waals surface area contributed by atoms with Crippen molar-refractivity contribution in [3.63, 3.8) is 0 Å². The number of aliphatic hydroxyl groups is 2. The molecule has 75 heavy (non-hydrogen) atoms. The Hall–Kier alpha value is -1.66. The van der Waals surface area contributed by atoms with Gasteiger partial charge in [0.1, 0.15) is 0 Å². The minimum Gasteiger partial charge on any atom is -0.466 e. The van der Waals surface area contributed by atoms with Crippen LogP contribution in [0.1, 0.15) is 380 Å². The first kappa shape index (κ1) is 73.3. The molecule has 0 heterocycles. The quantitative estimate of drug-likeness (QED) is 0.0320. The van der Waals surface area contributed by atoms with Crippen LogP contribution in [-0.4, -0.2) is 47.4 Å². The molecule has 0 aromatic rings. The normalized spacial score (nSPS) is 12.6. The molecule has 0 spiro atoms. The van der Waals surface area contributed by atoms with E-state index in [1.165, 1.54) is 315 Å². The lowest BCUT2D eigenvalue weighted by Crippen LogP contribution is -2.45. The first-order valence-corrected chi connectivity index (χ1v) is 34.1. The van der Waals surface area contributed by atoms with Crippen LogP contribution in [0.3, 0.4) is 0 Å². The van der Waals surface area contributed by atoms with E-state index in [9.17, 15) is 19.8 Å². The second kappa shape index (κ2) is 64.9. The Morgan fingerprint density at radius 1 is 0.360 bits per heavy atom. The number of aliphatic hydroxyl groups excluding tert-OH is 2. The van der Waals surface area contributed by atoms with Gasteiger partial charge in [-0.3, -0.25) is 9.59 Å². The molecule has 3 N–H and O–H groups in total. The van der Waals surface area contributed by atoms with Crippen LogP contribution in [0.5, 0.6) is 0 Å². The van der Waals surface area contributed by atoms with Crippen LogP contribution in [0, 0.1) is 0 Å². The molecular formula is C69H133NO5. The van der Waals surface area contributed by atoms with Crippen molar-refractivity contribution >= 4 is 11.9 Å². The van der Waals surface area contributed by atoms with Crippen molar-refractivity contribution in [2.24, 2.45) is 0 Å². The van der Waals surface area contributed by atoms with Gasteiger partial charge in [0.2, 0.25) is 5.91 Å². The molecule has 0 bridgehead atoms. The fourth-order valence-electron chi connectivity index (χ4n) is 10.7. The van der Waals surface area contributed by atoms with Crippen LogP contribution in [-0.2, 0) is 14.3 Å². The fraction of sp³-hybridized carbons (Fsp3) is 0.913. The van der Waals surface area contributed by atoms with Gasteiger partial charge in [0, 0.05) is 12.8 Å². The number of carbonyl (C=O) groups excluding carboxylic acids is 2. The van der Waals surface area contributed by atoms with Gasteiger partial charge < -0.3 is 20.3 Å². The standard InChI is InChI=1S/C69H133NO5/c1-3-5-7-9-11-13-15-17-39-43-47-51-55-59-63-69(74)75-64-60-56-52-48-44-40-37-35-33-31-29-27-25-23-21-19-18-20-22-24-26-28-30-32-34-36-38-42-46-50-54-58-62-68(73)70-66(65-71)67(72)61-57-53-49-45-41-16-14-12-10-8-6-4-2/h21,23,57,61,66-67,71-72H,3-20,22,24-56,58-60,62-65H2,1-2H3,(H,70,73)/b23-21-,61-57+. The number of hydrogen-bond acceptors (Lipinski definition) is 5. The summed E-state index contributed by atoms with van der Waals surface area (Å²) in [7, 11) is 0. The van der Waals surface area contributed by atoms with Gasteiger partial charge in [-0.25, -0.2) is 0 Å². The minimum absolute atomic E-state index is 0.0206. The second-order valence-corrected chi connectivity index (χ2v) is 23.5. The van der Waals surface area contributed by atoms with Gasteiger partial charge in [0.05, 0.1) is 25.4 Å². The van der Waals surface area contributed by atoms with E-state index in [2.05, 4.69) is 31.3 Å². The smallest absolute Gasteiger partial charge is 0.305 e. The Bertz CT molecular complexity index is 1170. The summed E-state index contributed by atoms with van der Waals surface area (Å²) in [5, 5.41) is 23.1. The number of ether oxygens (including phenoxy) is 1. The summed E-state index contributed by atoms with van der Waals surface area (Å²) in [6.07, 6.45) is 81.2. The first-order valence-electron chi connectivity index (χ1n) is 34.1. The lowest BCUT2D eigenvalue weighted by Gasteiger charge is -2.20. The third-order valence-corrected chi connectivity index (χ3v) is 16.0. The van der Waals surface area contributed by atoms with E-state index >= 15 is 0 Å². The van der Waals surface area contributed by atoms with Crippen LogP contribution in [0.25, 0.3) is 0 Å². The van der Waals surface area contributed by atoms with Crippen LogP contribution < -0.4 is 5.32 Å². The number of unbranched alkanes of at least 4 members (excludes halogenated alkanes) is 51. The predicted molar refractivity (Wildman–Crippen MR) is 329 cm³/mol. The van der Waals surface area contributed by atoms with Crippen LogP contribution in [0.2, 0.25) is 0 Å². The summed E-state index contributed by atoms with van der Waals surface area (Å²) >= 11 is 0. The SMILES string of the molecule is CCCCCCCCCCCC/C=C/C(O)C(CO)NC(=O)CCCCCCCCCCCCCCCCCC/C=C\CCCCCCCCCCCCCCOC(=O)CCCCCCCCCCCCCCCC. The highest BCUT2D eigenvalue weighted by Gasteiger charge is 2.18. The van der Waals surface area contributed by atoms with E-state index < -0.39 is 12.1 Å². The zero-order chi connectivity index (χ0) is 54.3. The average molecular weight is 1060 g/mol. The molecule has 6 nitrogen and oxygen atoms in total. The monoisotopic (exact) mass is 1060 g/mol. The second-order valence-electron chi connectivity index (χ2n) is 23.5. The van der Waals surface area contributed by atoms with E-state index in [4.69, 9.17) is 4.74 Å². The third kappa shape index (κ3) is 61.4. The Morgan fingerprint density at radius 2 is 0.627 bits per heavy atom. The van der Waals surface area contributed by atoms with Gasteiger partial charge in [-0.05, 0) is 57.8 Å². The molecule has 0 aliphatic carbocycles. The molecule has 0 radical (unpaired) electrons. The zero-order valence-corrected chi connectivity index (χ0v) is 50.8. The highest BCUT2D eigenvalue weighted by molar-refractivity contribution is 5.76. The Labute approximate surface area is 469 Å². The largest absolute Gasteiger partial charge is 0.466 e. The number of nitrogens with one attached hydrogen (secondary N) is 1. The summed E-state index contributed by atoms with van der Waals surface area (Å²) in [6.45, 7) is 4.92. The molecule has 2 unspecified atom stereocenters. The highest BCUT2D eigenvalue weighted by atomic mass is 16.5. The van der Waals surface area contributed by atoms with Gasteiger partial charge in [0.15, 0.2) is 0 Å². The van der Waals surface area contributed by atoms with Crippen molar-refractivity contribution in [1.29, 1.82) is 0 Å². The van der Waals surface area contributed by atoms with Crippen LogP contribution >= 0.6 is 0 Å². The first-order chi connectivity index (χ1) is 37.0. The molecule has 0 fully saturated rings. The molecule has 0 saturated heterocycles. The maximum Gasteiger partial charge on any atom is 0.305 e. The molecule has 0 rings (SSSR count). The summed E-state index contributed by atoms with van der Waals surface area (Å²) in [5.74, 6) is -0.0438. The van der Waals surface area contributed by atoms with Gasteiger partial charge in [0.25, 0.3) is 0 Å². The topological polar surface area (TPSA) is 95.9 Å². The number of carbonyl (C=O) groups is 2. The van der Waals surface area contributed by atoms with Gasteiger partial charge in [-0.15, -0.1) is 0 Å². The van der Waals surface area contributed by atoms with Crippen molar-refractivity contribution in [2.45, 2.75) is 392 Å². The molecule has 0 aromatic heterocycles. The molecule has 0 saturated carbocycles. The maximum absolute atomic E-state index is 12.4. The lowest BCUT2D eigenvalue weighted by atomic mass is 10.0. The molecule has 0 aliphatic heterocycles. The van der Waals surface area contributed by atoms with Gasteiger partial charge in [-0.1, -0.05) is 334 Å². The molecule has 444 valence electrons. The van der Waals surface area contributed by atoms with Gasteiger partial charge >= 0.3 is 5.97 Å². The zero-order valence-electron chi connectivity index (χ0n) is 50.8. The van der Waals surface area contributed by atoms with Crippen molar-refractivity contribution in [2.75, 3.05) is 13.2 Å². The molecule has 6 heteroatoms. The number of allylic oxidation sites excluding steroid dienone is 3. The summed E-state index contributed by atoms with van der Waals surface area (Å²) in [5.41, 5.74) is 0. The summed E-state index contributed by atoms with van der Waals surface area (Å²) in [4.78, 5) is 24.5. The van der Waals surface area contributed by atoms with Crippen molar-refractivity contribution in [3.05, 3.63) is 24.3 Å². The van der Waals surface area contributed by atoms with E-state index in [-0.39, 0.29) is 18.5 Å². The Balaban J connectivity index is 3.34. The van der Waals surface area contributed by atoms with E-state index in [0.717, 1.165) is 38.5 Å². The molecule has 0 aromatic carbocycles. The van der Waals surface area contributed by atoms with Crippen LogP contribution in [0.15, 0.2) is 24.3 Å². The molecular weight excluding hydrogens is 923 g/mol. The minimum atomic E-state index is -0.841. The van der Waals surface area contributed by atoms with E-state index in [1.807, 2.05) is 6.08 Å². The van der Waals surface area contributed by atoms with Crippen molar-refractivity contribution in [3.8, 4) is 0 Å². The van der Waals surface area contributed by atoms with Crippen LogP contribution in [0.4, 0.5) is 0 Å². The number of esters is 1. The summed E-state index contributed by atoms with van der Waals surface area (Å²) in [6, 6.07) is -0.624.